The van der Waals surface area contributed by atoms with Crippen LogP contribution in [0.15, 0.2) is 48.7 Å². The fourth-order valence-electron chi connectivity index (χ4n) is 3.89. The summed E-state index contributed by atoms with van der Waals surface area (Å²) in [7, 11) is 1.65. The number of unbranched alkanes of at least 4 members (excludes halogenated alkanes) is 2. The van der Waals surface area contributed by atoms with Crippen LogP contribution in [0.2, 0.25) is 0 Å². The molecule has 4 rings (SSSR count). The van der Waals surface area contributed by atoms with Crippen molar-refractivity contribution in [1.29, 1.82) is 0 Å². The van der Waals surface area contributed by atoms with E-state index in [1.807, 2.05) is 18.3 Å². The van der Waals surface area contributed by atoms with Crippen molar-refractivity contribution in [2.75, 3.05) is 7.05 Å². The molecule has 0 saturated heterocycles. The van der Waals surface area contributed by atoms with Gasteiger partial charge in [0.2, 0.25) is 5.91 Å². The summed E-state index contributed by atoms with van der Waals surface area (Å²) < 4.78 is 35.6. The van der Waals surface area contributed by atoms with E-state index in [-0.39, 0.29) is 17.9 Å². The Balaban J connectivity index is 0.000000587. The molecule has 14 heteroatoms. The number of aromatic amines is 1. The molecule has 2 aromatic heterocycles. The minimum absolute atomic E-state index is 0.0454. The topological polar surface area (TPSA) is 150 Å². The number of carbonyl (C=O) groups excluding carboxylic acids is 2. The Morgan fingerprint density at radius 3 is 2.41 bits per heavy atom. The Bertz CT molecular complexity index is 1490. The monoisotopic (exact) mass is 590 g/mol. The Kier molecular flexibility index (Phi) is 10.9. The average molecular weight is 591 g/mol. The van der Waals surface area contributed by atoms with Gasteiger partial charge in [0, 0.05) is 19.0 Å². The zero-order valence-electron chi connectivity index (χ0n) is 22.3. The first-order valence-corrected chi connectivity index (χ1v) is 13.4. The van der Waals surface area contributed by atoms with Crippen molar-refractivity contribution >= 4 is 40.1 Å². The second-order valence-electron chi connectivity index (χ2n) is 9.03. The number of aliphatic carboxylic acids is 1. The maximum atomic E-state index is 12.9. The lowest BCUT2D eigenvalue weighted by Crippen LogP contribution is -2.29. The highest BCUT2D eigenvalue weighted by Gasteiger charge is 2.38. The second-order valence-corrected chi connectivity index (χ2v) is 9.79. The Morgan fingerprint density at radius 2 is 1.78 bits per heavy atom. The Morgan fingerprint density at radius 1 is 1.07 bits per heavy atom. The molecule has 2 heterocycles. The number of hydrogen-bond acceptors (Lipinski definition) is 7. The van der Waals surface area contributed by atoms with Crippen LogP contribution in [0, 0.1) is 6.92 Å². The van der Waals surface area contributed by atoms with Crippen LogP contribution in [-0.4, -0.2) is 55.7 Å². The number of imidazole rings is 1. The number of alkyl halides is 3. The Hall–Kier alpha value is -4.33. The molecule has 2 amide bonds. The lowest BCUT2D eigenvalue weighted by molar-refractivity contribution is -0.192. The third-order valence-corrected chi connectivity index (χ3v) is 6.89. The van der Waals surface area contributed by atoms with E-state index >= 15 is 0 Å². The fourth-order valence-corrected chi connectivity index (χ4v) is 4.45. The third kappa shape index (κ3) is 9.10. The number of H-pyrrole nitrogens is 1. The molecule has 0 bridgehead atoms. The zero-order chi connectivity index (χ0) is 30.0. The number of nitrogens with zero attached hydrogens (tertiary/aromatic N) is 3. The summed E-state index contributed by atoms with van der Waals surface area (Å²) in [6.07, 6.45) is 0.483. The first kappa shape index (κ1) is 31.2. The van der Waals surface area contributed by atoms with Crippen LogP contribution in [-0.2, 0) is 9.59 Å². The van der Waals surface area contributed by atoms with Crippen LogP contribution in [0.3, 0.4) is 0 Å². The number of benzene rings is 2. The van der Waals surface area contributed by atoms with Gasteiger partial charge in [0.1, 0.15) is 10.7 Å². The van der Waals surface area contributed by atoms with Gasteiger partial charge in [-0.05, 0) is 48.1 Å². The molecule has 218 valence electrons. The minimum Gasteiger partial charge on any atom is -0.475 e. The molecule has 2 aromatic carbocycles. The largest absolute Gasteiger partial charge is 0.490 e. The number of aryl methyl sites for hydroxylation is 1. The predicted octanol–water partition coefficient (Wildman–Crippen LogP) is 5.19. The highest BCUT2D eigenvalue weighted by molar-refractivity contribution is 7.08. The number of fused-ring (bicyclic) bond motifs is 1. The number of carboxylic acid groups (broad SMARTS) is 1. The van der Waals surface area contributed by atoms with Gasteiger partial charge in [-0.3, -0.25) is 9.59 Å². The van der Waals surface area contributed by atoms with Crippen molar-refractivity contribution in [2.45, 2.75) is 51.2 Å². The molecule has 0 saturated carbocycles. The number of carboxylic acids is 1. The van der Waals surface area contributed by atoms with E-state index in [4.69, 9.17) is 9.90 Å². The molecule has 1 atom stereocenters. The summed E-state index contributed by atoms with van der Waals surface area (Å²) in [5, 5.41) is 19.2. The van der Waals surface area contributed by atoms with E-state index < -0.39 is 12.1 Å². The number of carbonyl (C=O) groups is 3. The molecular formula is C27H29F3N6O4S. The molecule has 4 N–H and O–H groups in total. The molecule has 0 unspecified atom stereocenters. The van der Waals surface area contributed by atoms with Gasteiger partial charge in [-0.1, -0.05) is 53.7 Å². The minimum atomic E-state index is -5.08. The lowest BCUT2D eigenvalue weighted by atomic mass is 10.1. The summed E-state index contributed by atoms with van der Waals surface area (Å²) in [4.78, 5) is 41.8. The van der Waals surface area contributed by atoms with Gasteiger partial charge < -0.3 is 20.7 Å². The zero-order valence-corrected chi connectivity index (χ0v) is 23.1. The quantitative estimate of drug-likeness (QED) is 0.186. The molecule has 10 nitrogen and oxygen atoms in total. The molecule has 0 spiro atoms. The first-order valence-electron chi connectivity index (χ1n) is 12.6. The second kappa shape index (κ2) is 14.3. The maximum Gasteiger partial charge on any atom is 0.490 e. The van der Waals surface area contributed by atoms with Gasteiger partial charge >= 0.3 is 12.1 Å². The summed E-state index contributed by atoms with van der Waals surface area (Å²) in [5.74, 6) is -2.21. The summed E-state index contributed by atoms with van der Waals surface area (Å²) in [6, 6.07) is 14.2. The molecular weight excluding hydrogens is 561 g/mol. The fraction of sp³-hybridized carbons (Fsp3) is 0.333. The SMILES string of the molecule is CNC(=O)CCCCC[C@H](NC(=O)c1snnc1C)c1ncc(-c2ccc3ccccc3c2)[nH]1.O=C(O)C(F)(F)F. The molecule has 4 aromatic rings. The van der Waals surface area contributed by atoms with E-state index in [0.717, 1.165) is 47.4 Å². The van der Waals surface area contributed by atoms with E-state index in [9.17, 15) is 22.8 Å². The van der Waals surface area contributed by atoms with Crippen molar-refractivity contribution in [3.8, 4) is 11.3 Å². The van der Waals surface area contributed by atoms with E-state index in [0.29, 0.717) is 29.2 Å². The maximum absolute atomic E-state index is 12.9. The molecule has 0 fully saturated rings. The summed E-state index contributed by atoms with van der Waals surface area (Å²) in [5.41, 5.74) is 2.55. The van der Waals surface area contributed by atoms with E-state index in [2.05, 4.69) is 60.5 Å². The lowest BCUT2D eigenvalue weighted by Gasteiger charge is -2.16. The van der Waals surface area contributed by atoms with Crippen molar-refractivity contribution < 1.29 is 32.7 Å². The number of aromatic nitrogens is 4. The summed E-state index contributed by atoms with van der Waals surface area (Å²) >= 11 is 1.09. The van der Waals surface area contributed by atoms with Gasteiger partial charge in [0.15, 0.2) is 0 Å². The van der Waals surface area contributed by atoms with Crippen molar-refractivity contribution in [1.82, 2.24) is 30.2 Å². The molecule has 41 heavy (non-hydrogen) atoms. The Labute approximate surface area is 237 Å². The molecule has 0 aliphatic carbocycles. The predicted molar refractivity (Wildman–Crippen MR) is 147 cm³/mol. The standard InChI is InChI=1S/C25H28N6O2S.C2HF3O2/c1-16-23(34-31-30-16)25(33)29-20(10-4-3-5-11-22(32)26-2)24-27-15-21(28-24)19-13-12-17-8-6-7-9-18(17)14-19;3-2(4,5)1(6)7/h6-9,12-15,20H,3-5,10-11H2,1-2H3,(H,26,32)(H,27,28)(H,29,33);(H,6,7)/t20-;/m0./s1. The normalized spacial score (nSPS) is 11.8. The number of amides is 2. The number of hydrogen-bond donors (Lipinski definition) is 4. The number of nitrogens with one attached hydrogen (secondary N) is 3. The van der Waals surface area contributed by atoms with Gasteiger partial charge in [0.05, 0.1) is 23.6 Å². The van der Waals surface area contributed by atoms with Crippen LogP contribution in [0.25, 0.3) is 22.0 Å². The highest BCUT2D eigenvalue weighted by Crippen LogP contribution is 2.26. The van der Waals surface area contributed by atoms with Crippen molar-refractivity contribution in [2.24, 2.45) is 0 Å². The van der Waals surface area contributed by atoms with Gasteiger partial charge in [-0.15, -0.1) is 5.10 Å². The molecule has 0 radical (unpaired) electrons. The van der Waals surface area contributed by atoms with Crippen LogP contribution < -0.4 is 10.6 Å². The van der Waals surface area contributed by atoms with Crippen LogP contribution in [0.1, 0.15) is 59.3 Å². The first-order chi connectivity index (χ1) is 19.5. The average Bonchev–Trinajstić information content (AvgIpc) is 3.61. The van der Waals surface area contributed by atoms with E-state index in [1.165, 1.54) is 5.39 Å². The smallest absolute Gasteiger partial charge is 0.475 e. The van der Waals surface area contributed by atoms with Gasteiger partial charge in [0.25, 0.3) is 5.91 Å². The van der Waals surface area contributed by atoms with Crippen LogP contribution >= 0.6 is 11.5 Å². The number of halogens is 3. The van der Waals surface area contributed by atoms with E-state index in [1.54, 1.807) is 14.0 Å². The van der Waals surface area contributed by atoms with Crippen molar-refractivity contribution in [3.05, 3.63) is 65.1 Å². The highest BCUT2D eigenvalue weighted by atomic mass is 32.1. The summed E-state index contributed by atoms with van der Waals surface area (Å²) in [6.45, 7) is 1.77. The third-order valence-electron chi connectivity index (χ3n) is 6.07. The van der Waals surface area contributed by atoms with Crippen LogP contribution in [0.5, 0.6) is 0 Å². The molecule has 0 aliphatic rings. The van der Waals surface area contributed by atoms with Crippen LogP contribution in [0.4, 0.5) is 13.2 Å². The van der Waals surface area contributed by atoms with Gasteiger partial charge in [-0.2, -0.15) is 13.2 Å². The molecule has 0 aliphatic heterocycles. The van der Waals surface area contributed by atoms with Crippen molar-refractivity contribution in [3.63, 3.8) is 0 Å². The van der Waals surface area contributed by atoms with Gasteiger partial charge in [-0.25, -0.2) is 9.78 Å². The number of rotatable bonds is 10.